The monoisotopic (exact) mass is 550 g/mol. The van der Waals surface area contributed by atoms with Crippen LogP contribution in [0.3, 0.4) is 0 Å². The van der Waals surface area contributed by atoms with Crippen LogP contribution in [0, 0.1) is 12.8 Å². The highest BCUT2D eigenvalue weighted by atomic mass is 32.2. The van der Waals surface area contributed by atoms with Crippen LogP contribution in [0.4, 0.5) is 5.13 Å². The summed E-state index contributed by atoms with van der Waals surface area (Å²) in [6.45, 7) is 2.20. The third-order valence-corrected chi connectivity index (χ3v) is 11.3. The molecule has 9 nitrogen and oxygen atoms in total. The zero-order valence-corrected chi connectivity index (χ0v) is 22.2. The molecule has 0 unspecified atom stereocenters. The minimum absolute atomic E-state index is 0.124. The standard InChI is InChI=1S/C22H22N4O5S4/c1-13-23-15-7-8-16-20(19(15)32-13)33-22(24-16)25-21(27)14-9-11-26(12-10-14)35(30,31)18-6-4-3-5-17(18)34(2,28)29/h3-8,14H,9-12H2,1-2H3,(H,24,25,27). The van der Waals surface area contributed by atoms with Crippen molar-refractivity contribution in [3.05, 3.63) is 41.4 Å². The number of rotatable bonds is 5. The Balaban J connectivity index is 1.29. The highest BCUT2D eigenvalue weighted by molar-refractivity contribution is 7.93. The van der Waals surface area contributed by atoms with Gasteiger partial charge >= 0.3 is 0 Å². The number of aryl methyl sites for hydroxylation is 1. The van der Waals surface area contributed by atoms with Gasteiger partial charge in [0.05, 0.1) is 30.3 Å². The average Bonchev–Trinajstić information content (AvgIpc) is 3.40. The topological polar surface area (TPSA) is 126 Å². The Bertz CT molecular complexity index is 1670. The Kier molecular flexibility index (Phi) is 6.16. The molecule has 2 aromatic carbocycles. The molecule has 184 valence electrons. The number of anilines is 1. The number of nitrogens with zero attached hydrogens (tertiary/aromatic N) is 3. The summed E-state index contributed by atoms with van der Waals surface area (Å²) in [5.41, 5.74) is 1.71. The number of carbonyl (C=O) groups is 1. The lowest BCUT2D eigenvalue weighted by Gasteiger charge is -2.30. The van der Waals surface area contributed by atoms with Gasteiger partial charge in [0.25, 0.3) is 0 Å². The van der Waals surface area contributed by atoms with E-state index in [1.807, 2.05) is 19.1 Å². The lowest BCUT2D eigenvalue weighted by Crippen LogP contribution is -2.41. The van der Waals surface area contributed by atoms with E-state index in [4.69, 9.17) is 0 Å². The second-order valence-electron chi connectivity index (χ2n) is 8.40. The van der Waals surface area contributed by atoms with Gasteiger partial charge in [-0.15, -0.1) is 11.3 Å². The SMILES string of the molecule is Cc1nc2ccc3nc(NC(=O)C4CCN(S(=O)(=O)c5ccccc5S(C)(=O)=O)CC4)sc3c2s1. The van der Waals surface area contributed by atoms with E-state index in [9.17, 15) is 21.6 Å². The van der Waals surface area contributed by atoms with Crippen molar-refractivity contribution in [2.45, 2.75) is 29.6 Å². The molecule has 1 amide bonds. The molecule has 0 saturated carbocycles. The van der Waals surface area contributed by atoms with E-state index in [0.717, 1.165) is 31.7 Å². The number of sulfone groups is 1. The molecular formula is C22H22N4O5S4. The van der Waals surface area contributed by atoms with E-state index in [1.165, 1.54) is 39.9 Å². The van der Waals surface area contributed by atoms with Crippen molar-refractivity contribution in [2.75, 3.05) is 24.7 Å². The van der Waals surface area contributed by atoms with E-state index in [2.05, 4.69) is 15.3 Å². The number of hydrogen-bond acceptors (Lipinski definition) is 9. The van der Waals surface area contributed by atoms with Crippen LogP contribution in [-0.2, 0) is 24.7 Å². The quantitative estimate of drug-likeness (QED) is 0.402. The second kappa shape index (κ2) is 8.89. The minimum atomic E-state index is -4.01. The van der Waals surface area contributed by atoms with Gasteiger partial charge in [-0.1, -0.05) is 23.5 Å². The van der Waals surface area contributed by atoms with E-state index in [1.54, 1.807) is 11.3 Å². The van der Waals surface area contributed by atoms with Crippen molar-refractivity contribution in [1.82, 2.24) is 14.3 Å². The van der Waals surface area contributed by atoms with E-state index >= 15 is 0 Å². The number of benzene rings is 2. The number of aromatic nitrogens is 2. The Labute approximate surface area is 210 Å². The lowest BCUT2D eigenvalue weighted by molar-refractivity contribution is -0.120. The summed E-state index contributed by atoms with van der Waals surface area (Å²) < 4.78 is 53.8. The van der Waals surface area contributed by atoms with Gasteiger partial charge in [0, 0.05) is 25.3 Å². The zero-order chi connectivity index (χ0) is 25.0. The largest absolute Gasteiger partial charge is 0.302 e. The molecule has 4 aromatic rings. The number of piperidine rings is 1. The summed E-state index contributed by atoms with van der Waals surface area (Å²) in [4.78, 5) is 21.5. The van der Waals surface area contributed by atoms with E-state index < -0.39 is 19.9 Å². The predicted molar refractivity (Wildman–Crippen MR) is 137 cm³/mol. The van der Waals surface area contributed by atoms with E-state index in [0.29, 0.717) is 18.0 Å². The van der Waals surface area contributed by atoms with Crippen molar-refractivity contribution >= 4 is 74.0 Å². The predicted octanol–water partition coefficient (Wildman–Crippen LogP) is 3.66. The second-order valence-corrected chi connectivity index (χ2v) is 14.5. The Morgan fingerprint density at radius 3 is 2.20 bits per heavy atom. The summed E-state index contributed by atoms with van der Waals surface area (Å²) in [5, 5.41) is 4.36. The summed E-state index contributed by atoms with van der Waals surface area (Å²) in [7, 11) is -7.73. The third-order valence-electron chi connectivity index (χ3n) is 5.94. The smallest absolute Gasteiger partial charge is 0.244 e. The van der Waals surface area contributed by atoms with Crippen molar-refractivity contribution in [3.8, 4) is 0 Å². The van der Waals surface area contributed by atoms with E-state index in [-0.39, 0.29) is 34.7 Å². The molecule has 1 N–H and O–H groups in total. The number of nitrogens with one attached hydrogen (secondary N) is 1. The first kappa shape index (κ1) is 24.3. The molecule has 1 aliphatic heterocycles. The van der Waals surface area contributed by atoms with Crippen LogP contribution in [-0.4, -0.2) is 56.4 Å². The molecule has 0 radical (unpaired) electrons. The van der Waals surface area contributed by atoms with Crippen LogP contribution in [0.25, 0.3) is 20.4 Å². The molecule has 1 aliphatic rings. The molecule has 5 rings (SSSR count). The summed E-state index contributed by atoms with van der Waals surface area (Å²) >= 11 is 2.99. The van der Waals surface area contributed by atoms with Crippen LogP contribution in [0.15, 0.2) is 46.2 Å². The van der Waals surface area contributed by atoms with Crippen LogP contribution in [0.2, 0.25) is 0 Å². The van der Waals surface area contributed by atoms with Gasteiger partial charge in [-0.2, -0.15) is 4.31 Å². The molecule has 13 heteroatoms. The van der Waals surface area contributed by atoms with Gasteiger partial charge in [-0.3, -0.25) is 4.79 Å². The Morgan fingerprint density at radius 1 is 0.943 bits per heavy atom. The van der Waals surface area contributed by atoms with Gasteiger partial charge in [0.1, 0.15) is 4.90 Å². The van der Waals surface area contributed by atoms with Crippen molar-refractivity contribution in [1.29, 1.82) is 0 Å². The first-order valence-electron chi connectivity index (χ1n) is 10.8. The molecule has 35 heavy (non-hydrogen) atoms. The number of hydrogen-bond donors (Lipinski definition) is 1. The molecule has 0 aliphatic carbocycles. The fourth-order valence-corrected chi connectivity index (χ4v) is 9.29. The van der Waals surface area contributed by atoms with Crippen molar-refractivity contribution < 1.29 is 21.6 Å². The molecular weight excluding hydrogens is 529 g/mol. The molecule has 0 bridgehead atoms. The van der Waals surface area contributed by atoms with Gasteiger partial charge in [-0.05, 0) is 44.0 Å². The highest BCUT2D eigenvalue weighted by Gasteiger charge is 2.34. The van der Waals surface area contributed by atoms with Crippen molar-refractivity contribution in [3.63, 3.8) is 0 Å². The number of fused-ring (bicyclic) bond motifs is 3. The minimum Gasteiger partial charge on any atom is -0.302 e. The number of sulfonamides is 1. The van der Waals surface area contributed by atoms with Crippen LogP contribution in [0.5, 0.6) is 0 Å². The van der Waals surface area contributed by atoms with Crippen LogP contribution < -0.4 is 5.32 Å². The fourth-order valence-electron chi connectivity index (χ4n) is 4.21. The maximum absolute atomic E-state index is 13.2. The number of thiazole rings is 2. The van der Waals surface area contributed by atoms with Gasteiger partial charge in [0.15, 0.2) is 15.0 Å². The zero-order valence-electron chi connectivity index (χ0n) is 18.9. The van der Waals surface area contributed by atoms with Crippen LogP contribution in [0.1, 0.15) is 17.8 Å². The first-order chi connectivity index (χ1) is 16.5. The molecule has 1 saturated heterocycles. The molecule has 1 fully saturated rings. The summed E-state index contributed by atoms with van der Waals surface area (Å²) in [6, 6.07) is 9.41. The number of amides is 1. The lowest BCUT2D eigenvalue weighted by atomic mass is 9.97. The summed E-state index contributed by atoms with van der Waals surface area (Å²) in [5.74, 6) is -0.571. The average molecular weight is 551 g/mol. The maximum atomic E-state index is 13.2. The molecule has 0 atom stereocenters. The first-order valence-corrected chi connectivity index (χ1v) is 15.8. The van der Waals surface area contributed by atoms with Crippen LogP contribution >= 0.6 is 22.7 Å². The normalized spacial score (nSPS) is 16.2. The highest BCUT2D eigenvalue weighted by Crippen LogP contribution is 2.36. The molecule has 3 heterocycles. The van der Waals surface area contributed by atoms with Crippen molar-refractivity contribution in [2.24, 2.45) is 5.92 Å². The Hall–Kier alpha value is -2.45. The number of carbonyl (C=O) groups excluding carboxylic acids is 1. The third kappa shape index (κ3) is 4.58. The molecule has 2 aromatic heterocycles. The Morgan fingerprint density at radius 2 is 1.54 bits per heavy atom. The summed E-state index contributed by atoms with van der Waals surface area (Å²) in [6.07, 6.45) is 1.64. The fraction of sp³-hybridized carbons (Fsp3) is 0.318. The van der Waals surface area contributed by atoms with Gasteiger partial charge in [-0.25, -0.2) is 26.8 Å². The van der Waals surface area contributed by atoms with Gasteiger partial charge in [0.2, 0.25) is 15.9 Å². The molecule has 0 spiro atoms. The maximum Gasteiger partial charge on any atom is 0.244 e. The van der Waals surface area contributed by atoms with Gasteiger partial charge < -0.3 is 5.32 Å².